The van der Waals surface area contributed by atoms with Gasteiger partial charge in [0, 0.05) is 0 Å². The summed E-state index contributed by atoms with van der Waals surface area (Å²) in [6.07, 6.45) is -22.1. The monoisotopic (exact) mass is 472 g/mol. The lowest BCUT2D eigenvalue weighted by Gasteiger charge is -2.45. The molecule has 3 heterocycles. The number of aliphatic hydroxyl groups is 9. The number of hydrogen-bond acceptors (Lipinski definition) is 14. The van der Waals surface area contributed by atoms with Gasteiger partial charge in [0.15, 0.2) is 18.9 Å². The third kappa shape index (κ3) is 5.08. The highest BCUT2D eigenvalue weighted by Crippen LogP contribution is 2.29. The molecular weight excluding hydrogens is 440 g/mol. The Hall–Kier alpha value is -0.560. The molecule has 0 aromatic carbocycles. The van der Waals surface area contributed by atoms with Gasteiger partial charge in [0.25, 0.3) is 0 Å². The molecule has 15 atom stereocenters. The molecule has 14 nitrogen and oxygen atoms in total. The minimum atomic E-state index is -1.84. The van der Waals surface area contributed by atoms with Crippen LogP contribution in [0.2, 0.25) is 0 Å². The molecule has 3 aliphatic heterocycles. The largest absolute Gasteiger partial charge is 0.388 e. The molecule has 0 aromatic rings. The smallest absolute Gasteiger partial charge is 0.187 e. The van der Waals surface area contributed by atoms with Crippen LogP contribution in [-0.4, -0.2) is 145 Å². The molecule has 0 unspecified atom stereocenters. The second-order valence-corrected chi connectivity index (χ2v) is 8.34. The third-order valence-corrected chi connectivity index (χ3v) is 5.99. The van der Waals surface area contributed by atoms with Crippen molar-refractivity contribution in [3.05, 3.63) is 0 Å². The topological polar surface area (TPSA) is 228 Å². The molecule has 14 heteroatoms. The fourth-order valence-corrected chi connectivity index (χ4v) is 3.84. The van der Waals surface area contributed by atoms with E-state index >= 15 is 0 Å². The van der Waals surface area contributed by atoms with Crippen molar-refractivity contribution >= 4 is 0 Å². The zero-order valence-corrected chi connectivity index (χ0v) is 17.4. The van der Waals surface area contributed by atoms with Crippen LogP contribution in [0.15, 0.2) is 0 Å². The Balaban J connectivity index is 1.64. The Morgan fingerprint density at radius 2 is 1.06 bits per heavy atom. The zero-order valence-electron chi connectivity index (χ0n) is 17.4. The van der Waals surface area contributed by atoms with E-state index < -0.39 is 98.7 Å². The first-order valence-electron chi connectivity index (χ1n) is 10.3. The quantitative estimate of drug-likeness (QED) is 0.182. The van der Waals surface area contributed by atoms with E-state index in [1.807, 2.05) is 0 Å². The van der Waals surface area contributed by atoms with Crippen LogP contribution >= 0.6 is 0 Å². The molecule has 3 fully saturated rings. The van der Waals surface area contributed by atoms with Gasteiger partial charge in [-0.05, 0) is 13.8 Å². The minimum absolute atomic E-state index is 0.492. The SMILES string of the molecule is C[C@@H]1O[C@@H](OC[C@H]2O[C@H](O)[C@H](O)[C@@H](O[C@@H]3O[C@@H](C)[C@H](O)[C@@H](O)[C@H]3O)[C@@H]2O)[C@H](O)[C@H](O)[C@H]1O. The molecule has 3 rings (SSSR count). The predicted molar refractivity (Wildman–Crippen MR) is 98.4 cm³/mol. The standard InChI is InChI=1S/C18H32O14/c1-4-7(19)10(22)12(24)17(29-4)28-3-6-9(21)15(14(26)16(27)31-6)32-18-13(25)11(23)8(20)5(2)30-18/h4-27H,3H2,1-2H3/t4-,5-,6+,7-,8-,9+,10+,11+,12+,13+,14+,15-,16-,17+,18-/m0/s1. The van der Waals surface area contributed by atoms with Crippen molar-refractivity contribution in [3.63, 3.8) is 0 Å². The Morgan fingerprint density at radius 1 is 0.562 bits per heavy atom. The number of rotatable bonds is 5. The van der Waals surface area contributed by atoms with Crippen molar-refractivity contribution in [2.75, 3.05) is 6.61 Å². The second-order valence-electron chi connectivity index (χ2n) is 8.34. The molecule has 0 aliphatic carbocycles. The molecule has 0 radical (unpaired) electrons. The van der Waals surface area contributed by atoms with E-state index in [1.54, 1.807) is 0 Å². The van der Waals surface area contributed by atoms with Crippen molar-refractivity contribution in [1.29, 1.82) is 0 Å². The summed E-state index contributed by atoms with van der Waals surface area (Å²) in [7, 11) is 0. The van der Waals surface area contributed by atoms with Gasteiger partial charge < -0.3 is 69.6 Å². The first-order valence-corrected chi connectivity index (χ1v) is 10.3. The van der Waals surface area contributed by atoms with E-state index in [-0.39, 0.29) is 0 Å². The van der Waals surface area contributed by atoms with E-state index in [1.165, 1.54) is 13.8 Å². The van der Waals surface area contributed by atoms with Crippen molar-refractivity contribution in [3.8, 4) is 0 Å². The molecule has 9 N–H and O–H groups in total. The maximum atomic E-state index is 10.6. The van der Waals surface area contributed by atoms with Crippen LogP contribution < -0.4 is 0 Å². The highest BCUT2D eigenvalue weighted by Gasteiger charge is 2.50. The van der Waals surface area contributed by atoms with Gasteiger partial charge in [0.2, 0.25) is 0 Å². The van der Waals surface area contributed by atoms with Crippen LogP contribution in [0.1, 0.15) is 13.8 Å². The zero-order chi connectivity index (χ0) is 23.9. The summed E-state index contributed by atoms with van der Waals surface area (Å²) in [5.74, 6) is 0. The molecular formula is C18H32O14. The molecule has 3 aliphatic rings. The fraction of sp³-hybridized carbons (Fsp3) is 1.00. The molecule has 188 valence electrons. The van der Waals surface area contributed by atoms with Crippen LogP contribution in [0.25, 0.3) is 0 Å². The number of hydrogen-bond donors (Lipinski definition) is 9. The van der Waals surface area contributed by atoms with E-state index in [0.717, 1.165) is 0 Å². The maximum absolute atomic E-state index is 10.6. The summed E-state index contributed by atoms with van der Waals surface area (Å²) < 4.78 is 26.5. The van der Waals surface area contributed by atoms with Crippen molar-refractivity contribution in [1.82, 2.24) is 0 Å². The van der Waals surface area contributed by atoms with Crippen molar-refractivity contribution < 1.29 is 69.6 Å². The number of ether oxygens (including phenoxy) is 5. The molecule has 0 saturated carbocycles. The highest BCUT2D eigenvalue weighted by atomic mass is 16.7. The van der Waals surface area contributed by atoms with Gasteiger partial charge in [-0.3, -0.25) is 0 Å². The van der Waals surface area contributed by atoms with Gasteiger partial charge >= 0.3 is 0 Å². The Labute approximate surface area is 183 Å². The van der Waals surface area contributed by atoms with E-state index in [0.29, 0.717) is 0 Å². The average molecular weight is 472 g/mol. The number of aliphatic hydroxyl groups excluding tert-OH is 9. The Morgan fingerprint density at radius 3 is 1.62 bits per heavy atom. The molecule has 0 amide bonds. The lowest BCUT2D eigenvalue weighted by atomic mass is 9.97. The maximum Gasteiger partial charge on any atom is 0.187 e. The molecule has 32 heavy (non-hydrogen) atoms. The van der Waals surface area contributed by atoms with E-state index in [9.17, 15) is 46.0 Å². The fourth-order valence-electron chi connectivity index (χ4n) is 3.84. The van der Waals surface area contributed by atoms with Gasteiger partial charge in [-0.25, -0.2) is 0 Å². The lowest BCUT2D eigenvalue weighted by Crippen LogP contribution is -2.64. The van der Waals surface area contributed by atoms with E-state index in [4.69, 9.17) is 23.7 Å². The van der Waals surface area contributed by atoms with Gasteiger partial charge in [0.05, 0.1) is 18.8 Å². The van der Waals surface area contributed by atoms with Crippen LogP contribution in [0.4, 0.5) is 0 Å². The summed E-state index contributed by atoms with van der Waals surface area (Å²) in [5.41, 5.74) is 0. The highest BCUT2D eigenvalue weighted by molar-refractivity contribution is 4.94. The van der Waals surface area contributed by atoms with Crippen molar-refractivity contribution in [2.45, 2.75) is 106 Å². The molecule has 0 bridgehead atoms. The van der Waals surface area contributed by atoms with Gasteiger partial charge in [-0.15, -0.1) is 0 Å². The Bertz CT molecular complexity index is 610. The normalized spacial score (nSPS) is 55.0. The molecule has 0 aromatic heterocycles. The van der Waals surface area contributed by atoms with Gasteiger partial charge in [0.1, 0.15) is 61.0 Å². The second kappa shape index (κ2) is 10.4. The lowest BCUT2D eigenvalue weighted by molar-refractivity contribution is -0.358. The van der Waals surface area contributed by atoms with Crippen LogP contribution in [0.5, 0.6) is 0 Å². The van der Waals surface area contributed by atoms with Crippen LogP contribution in [0.3, 0.4) is 0 Å². The minimum Gasteiger partial charge on any atom is -0.388 e. The summed E-state index contributed by atoms with van der Waals surface area (Å²) >= 11 is 0. The van der Waals surface area contributed by atoms with Gasteiger partial charge in [-0.2, -0.15) is 0 Å². The summed E-state index contributed by atoms with van der Waals surface area (Å²) in [4.78, 5) is 0. The van der Waals surface area contributed by atoms with Crippen LogP contribution in [-0.2, 0) is 23.7 Å². The van der Waals surface area contributed by atoms with Gasteiger partial charge in [-0.1, -0.05) is 0 Å². The van der Waals surface area contributed by atoms with Crippen LogP contribution in [0, 0.1) is 0 Å². The summed E-state index contributed by atoms with van der Waals surface area (Å²) in [6.45, 7) is 2.38. The third-order valence-electron chi connectivity index (χ3n) is 5.99. The molecule has 0 spiro atoms. The molecule has 3 saturated heterocycles. The predicted octanol–water partition coefficient (Wildman–Crippen LogP) is -5.52. The average Bonchev–Trinajstić information content (AvgIpc) is 2.76. The first-order chi connectivity index (χ1) is 14.9. The summed E-state index contributed by atoms with van der Waals surface area (Å²) in [5, 5.41) is 90.2. The van der Waals surface area contributed by atoms with E-state index in [2.05, 4.69) is 0 Å². The first kappa shape index (κ1) is 26.1. The Kier molecular flexibility index (Phi) is 8.44. The van der Waals surface area contributed by atoms with Crippen molar-refractivity contribution in [2.24, 2.45) is 0 Å². The summed E-state index contributed by atoms with van der Waals surface area (Å²) in [6, 6.07) is 0.